The second kappa shape index (κ2) is 7.89. The van der Waals surface area contributed by atoms with E-state index in [9.17, 15) is 9.90 Å². The van der Waals surface area contributed by atoms with Crippen molar-refractivity contribution in [3.8, 4) is 5.75 Å². The molecular weight excluding hydrogens is 246 g/mol. The van der Waals surface area contributed by atoms with Crippen molar-refractivity contribution < 1.29 is 19.7 Å². The number of carbonyl (C=O) groups excluding carboxylic acids is 1. The van der Waals surface area contributed by atoms with Gasteiger partial charge in [-0.2, -0.15) is 0 Å². The Morgan fingerprint density at radius 3 is 2.68 bits per heavy atom. The molecule has 106 valence electrons. The molecule has 1 rings (SSSR count). The van der Waals surface area contributed by atoms with E-state index in [-0.39, 0.29) is 18.1 Å². The number of hydrogen-bond donors (Lipinski definition) is 2. The van der Waals surface area contributed by atoms with Crippen molar-refractivity contribution in [3.63, 3.8) is 0 Å². The topological polar surface area (TPSA) is 70.0 Å². The Morgan fingerprint density at radius 2 is 2.11 bits per heavy atom. The van der Waals surface area contributed by atoms with Crippen LogP contribution in [0.4, 0.5) is 0 Å². The van der Waals surface area contributed by atoms with E-state index in [1.165, 1.54) is 13.0 Å². The number of methoxy groups -OCH3 is 1. The lowest BCUT2D eigenvalue weighted by molar-refractivity contribution is 0.101. The van der Waals surface area contributed by atoms with Crippen LogP contribution in [0.2, 0.25) is 0 Å². The molecular formula is C14H21NO4. The molecule has 0 bridgehead atoms. The maximum Gasteiger partial charge on any atom is 0.159 e. The third-order valence-electron chi connectivity index (χ3n) is 2.91. The van der Waals surface area contributed by atoms with Gasteiger partial charge in [-0.25, -0.2) is 0 Å². The van der Waals surface area contributed by atoms with Crippen molar-refractivity contribution in [1.82, 2.24) is 4.90 Å². The fraction of sp³-hybridized carbons (Fsp3) is 0.500. The molecule has 0 aliphatic rings. The van der Waals surface area contributed by atoms with Crippen LogP contribution in [0.1, 0.15) is 22.8 Å². The number of aliphatic hydroxyl groups excluding tert-OH is 1. The molecule has 0 unspecified atom stereocenters. The molecule has 0 fully saturated rings. The van der Waals surface area contributed by atoms with E-state index in [4.69, 9.17) is 9.84 Å². The summed E-state index contributed by atoms with van der Waals surface area (Å²) in [7, 11) is 1.62. The van der Waals surface area contributed by atoms with E-state index in [0.717, 1.165) is 0 Å². The Morgan fingerprint density at radius 1 is 1.37 bits per heavy atom. The molecule has 0 spiro atoms. The zero-order chi connectivity index (χ0) is 14.3. The van der Waals surface area contributed by atoms with E-state index in [1.807, 2.05) is 4.90 Å². The van der Waals surface area contributed by atoms with Crippen LogP contribution in [0.3, 0.4) is 0 Å². The predicted octanol–water partition coefficient (Wildman–Crippen LogP) is 1.04. The summed E-state index contributed by atoms with van der Waals surface area (Å²) in [5.41, 5.74) is 1.25. The van der Waals surface area contributed by atoms with Crippen molar-refractivity contribution in [2.24, 2.45) is 0 Å². The van der Waals surface area contributed by atoms with E-state index in [2.05, 4.69) is 0 Å². The molecule has 0 aliphatic heterocycles. The lowest BCUT2D eigenvalue weighted by Crippen LogP contribution is -2.29. The minimum absolute atomic E-state index is 0.0353. The fourth-order valence-corrected chi connectivity index (χ4v) is 1.80. The first-order chi connectivity index (χ1) is 9.08. The Bertz CT molecular complexity index is 420. The summed E-state index contributed by atoms with van der Waals surface area (Å²) < 4.78 is 5.01. The van der Waals surface area contributed by atoms with Gasteiger partial charge in [0.1, 0.15) is 5.75 Å². The number of nitrogens with zero attached hydrogens (tertiary/aromatic N) is 1. The highest BCUT2D eigenvalue weighted by Crippen LogP contribution is 2.20. The van der Waals surface area contributed by atoms with E-state index < -0.39 is 0 Å². The Kier molecular flexibility index (Phi) is 6.49. The van der Waals surface area contributed by atoms with Crippen molar-refractivity contribution >= 4 is 5.78 Å². The lowest BCUT2D eigenvalue weighted by Gasteiger charge is -2.21. The van der Waals surface area contributed by atoms with Gasteiger partial charge >= 0.3 is 0 Å². The number of phenolic OH excluding ortho intramolecular Hbond substituents is 1. The van der Waals surface area contributed by atoms with Gasteiger partial charge in [0.25, 0.3) is 0 Å². The third kappa shape index (κ3) is 4.98. The van der Waals surface area contributed by atoms with E-state index >= 15 is 0 Å². The zero-order valence-corrected chi connectivity index (χ0v) is 11.4. The van der Waals surface area contributed by atoms with E-state index in [0.29, 0.717) is 37.4 Å². The summed E-state index contributed by atoms with van der Waals surface area (Å²) in [5.74, 6) is 0.122. The first-order valence-electron chi connectivity index (χ1n) is 6.23. The summed E-state index contributed by atoms with van der Waals surface area (Å²) in [5, 5.41) is 18.9. The van der Waals surface area contributed by atoms with Crippen LogP contribution in [0.25, 0.3) is 0 Å². The SMILES string of the molecule is COCCN(CCO)Cc1cc(C(C)=O)ccc1O. The smallest absolute Gasteiger partial charge is 0.159 e. The Labute approximate surface area is 113 Å². The number of aromatic hydroxyl groups is 1. The molecule has 5 nitrogen and oxygen atoms in total. The van der Waals surface area contributed by atoms with Crippen molar-refractivity contribution in [2.75, 3.05) is 33.4 Å². The number of phenols is 1. The standard InChI is InChI=1S/C14H21NO4/c1-11(17)12-3-4-14(18)13(9-12)10-15(5-7-16)6-8-19-2/h3-4,9,16,18H,5-8,10H2,1-2H3. The molecule has 0 heterocycles. The van der Waals surface area contributed by atoms with Gasteiger partial charge in [-0.3, -0.25) is 9.69 Å². The quantitative estimate of drug-likeness (QED) is 0.689. The molecule has 0 radical (unpaired) electrons. The number of hydrogen-bond acceptors (Lipinski definition) is 5. The molecule has 5 heteroatoms. The van der Waals surface area contributed by atoms with Crippen molar-refractivity contribution in [1.29, 1.82) is 0 Å². The van der Waals surface area contributed by atoms with Gasteiger partial charge in [-0.05, 0) is 25.1 Å². The fourth-order valence-electron chi connectivity index (χ4n) is 1.80. The zero-order valence-electron chi connectivity index (χ0n) is 11.4. The van der Waals surface area contributed by atoms with Gasteiger partial charge in [-0.1, -0.05) is 0 Å². The molecule has 0 aromatic heterocycles. The number of ether oxygens (including phenoxy) is 1. The molecule has 1 aromatic carbocycles. The van der Waals surface area contributed by atoms with Crippen LogP contribution in [-0.2, 0) is 11.3 Å². The van der Waals surface area contributed by atoms with Gasteiger partial charge in [0.2, 0.25) is 0 Å². The monoisotopic (exact) mass is 267 g/mol. The highest BCUT2D eigenvalue weighted by molar-refractivity contribution is 5.94. The Balaban J connectivity index is 2.81. The van der Waals surface area contributed by atoms with Gasteiger partial charge in [0.05, 0.1) is 13.2 Å². The van der Waals surface area contributed by atoms with Gasteiger partial charge < -0.3 is 14.9 Å². The summed E-state index contributed by atoms with van der Waals surface area (Å²) in [6, 6.07) is 4.82. The molecule has 0 amide bonds. The molecule has 2 N–H and O–H groups in total. The Hall–Kier alpha value is -1.43. The van der Waals surface area contributed by atoms with Crippen molar-refractivity contribution in [2.45, 2.75) is 13.5 Å². The van der Waals surface area contributed by atoms with Gasteiger partial charge in [-0.15, -0.1) is 0 Å². The summed E-state index contributed by atoms with van der Waals surface area (Å²) >= 11 is 0. The number of carbonyl (C=O) groups is 1. The first kappa shape index (κ1) is 15.6. The number of rotatable bonds is 8. The summed E-state index contributed by atoms with van der Waals surface area (Å²) in [6.07, 6.45) is 0. The highest BCUT2D eigenvalue weighted by atomic mass is 16.5. The lowest BCUT2D eigenvalue weighted by atomic mass is 10.1. The van der Waals surface area contributed by atoms with Gasteiger partial charge in [0, 0.05) is 37.9 Å². The molecule has 1 aromatic rings. The summed E-state index contributed by atoms with van der Waals surface area (Å²) in [6.45, 7) is 3.70. The van der Waals surface area contributed by atoms with Crippen LogP contribution in [0, 0.1) is 0 Å². The molecule has 0 atom stereocenters. The maximum absolute atomic E-state index is 11.3. The predicted molar refractivity (Wildman–Crippen MR) is 72.4 cm³/mol. The van der Waals surface area contributed by atoms with Crippen LogP contribution < -0.4 is 0 Å². The average molecular weight is 267 g/mol. The number of ketones is 1. The van der Waals surface area contributed by atoms with Crippen molar-refractivity contribution in [3.05, 3.63) is 29.3 Å². The first-order valence-corrected chi connectivity index (χ1v) is 6.23. The molecule has 0 saturated carbocycles. The number of Topliss-reactive ketones (excluding diaryl/α,β-unsaturated/α-hetero) is 1. The van der Waals surface area contributed by atoms with Crippen LogP contribution in [0.15, 0.2) is 18.2 Å². The molecule has 19 heavy (non-hydrogen) atoms. The van der Waals surface area contributed by atoms with E-state index in [1.54, 1.807) is 19.2 Å². The molecule has 0 saturated heterocycles. The largest absolute Gasteiger partial charge is 0.508 e. The minimum atomic E-state index is -0.0353. The number of aliphatic hydroxyl groups is 1. The second-order valence-corrected chi connectivity index (χ2v) is 4.39. The molecule has 0 aliphatic carbocycles. The maximum atomic E-state index is 11.3. The average Bonchev–Trinajstić information content (AvgIpc) is 2.38. The van der Waals surface area contributed by atoms with Crippen LogP contribution in [0.5, 0.6) is 5.75 Å². The number of benzene rings is 1. The van der Waals surface area contributed by atoms with Gasteiger partial charge in [0.15, 0.2) is 5.78 Å². The normalized spacial score (nSPS) is 10.9. The second-order valence-electron chi connectivity index (χ2n) is 4.39. The minimum Gasteiger partial charge on any atom is -0.508 e. The third-order valence-corrected chi connectivity index (χ3v) is 2.91. The summed E-state index contributed by atoms with van der Waals surface area (Å²) in [4.78, 5) is 13.3. The van der Waals surface area contributed by atoms with Crippen LogP contribution in [-0.4, -0.2) is 54.3 Å². The highest BCUT2D eigenvalue weighted by Gasteiger charge is 2.10. The van der Waals surface area contributed by atoms with Crippen LogP contribution >= 0.6 is 0 Å².